The van der Waals surface area contributed by atoms with Gasteiger partial charge >= 0.3 is 0 Å². The summed E-state index contributed by atoms with van der Waals surface area (Å²) in [5.74, 6) is 0. The van der Waals surface area contributed by atoms with Crippen LogP contribution in [0.1, 0.15) is 0 Å². The summed E-state index contributed by atoms with van der Waals surface area (Å²) in [6, 6.07) is 16.5. The van der Waals surface area contributed by atoms with Gasteiger partial charge in [-0.1, -0.05) is 68.3 Å². The quantitative estimate of drug-likeness (QED) is 0.314. The van der Waals surface area contributed by atoms with E-state index in [0.717, 1.165) is 40.4 Å². The molecule has 5 heteroatoms. The van der Waals surface area contributed by atoms with Gasteiger partial charge in [-0.3, -0.25) is 0 Å². The van der Waals surface area contributed by atoms with Crippen LogP contribution in [0, 0.1) is 0 Å². The minimum Gasteiger partial charge on any atom is -0.342 e. The van der Waals surface area contributed by atoms with E-state index in [0.29, 0.717) is 0 Å². The molecular weight excluding hydrogens is 538 g/mol. The molecule has 1 aromatic heterocycles. The fourth-order valence-electron chi connectivity index (χ4n) is 2.52. The Morgan fingerprint density at radius 2 is 1.00 bits per heavy atom. The van der Waals surface area contributed by atoms with E-state index in [1.54, 1.807) is 0 Å². The van der Waals surface area contributed by atoms with Crippen LogP contribution in [0.3, 0.4) is 0 Å². The molecule has 3 aromatic rings. The molecule has 0 atom stereocenters. The van der Waals surface area contributed by atoms with Crippen molar-refractivity contribution in [2.45, 2.75) is 0 Å². The summed E-state index contributed by atoms with van der Waals surface area (Å²) in [7, 11) is 2.08. The second kappa shape index (κ2) is 6.63. The summed E-state index contributed by atoms with van der Waals surface area (Å²) in [6.45, 7) is 0. The number of rotatable bonds is 2. The fourth-order valence-corrected chi connectivity index (χ4v) is 4.80. The van der Waals surface area contributed by atoms with E-state index >= 15 is 0 Å². The van der Waals surface area contributed by atoms with Crippen LogP contribution in [0.5, 0.6) is 0 Å². The Bertz CT molecular complexity index is 783. The third-order valence-corrected chi connectivity index (χ3v) is 7.00. The maximum absolute atomic E-state index is 3.74. The second-order valence-electron chi connectivity index (χ2n) is 4.84. The van der Waals surface area contributed by atoms with Crippen LogP contribution >= 0.6 is 63.7 Å². The molecule has 22 heavy (non-hydrogen) atoms. The molecule has 112 valence electrons. The van der Waals surface area contributed by atoms with E-state index in [2.05, 4.69) is 99.6 Å². The van der Waals surface area contributed by atoms with Gasteiger partial charge in [0.15, 0.2) is 0 Å². The van der Waals surface area contributed by atoms with Crippen molar-refractivity contribution in [3.05, 3.63) is 66.4 Å². The molecule has 0 N–H and O–H groups in total. The molecular formula is C17H11Br4N. The summed E-state index contributed by atoms with van der Waals surface area (Å²) >= 11 is 14.8. The van der Waals surface area contributed by atoms with Crippen molar-refractivity contribution in [2.24, 2.45) is 7.05 Å². The largest absolute Gasteiger partial charge is 0.342 e. The molecule has 1 nitrogen and oxygen atoms in total. The predicted octanol–water partition coefficient (Wildman–Crippen LogP) is 7.41. The van der Waals surface area contributed by atoms with Crippen LogP contribution in [0.2, 0.25) is 0 Å². The van der Waals surface area contributed by atoms with Crippen LogP contribution in [0.25, 0.3) is 22.5 Å². The summed E-state index contributed by atoms with van der Waals surface area (Å²) in [5.41, 5.74) is 4.56. The van der Waals surface area contributed by atoms with E-state index in [9.17, 15) is 0 Å². The number of aromatic nitrogens is 1. The Morgan fingerprint density at radius 3 is 1.36 bits per heavy atom. The molecule has 0 aliphatic carbocycles. The Labute approximate surface area is 163 Å². The Morgan fingerprint density at radius 1 is 0.636 bits per heavy atom. The molecule has 0 unspecified atom stereocenters. The molecule has 0 amide bonds. The van der Waals surface area contributed by atoms with Gasteiger partial charge in [0.25, 0.3) is 0 Å². The van der Waals surface area contributed by atoms with Gasteiger partial charge < -0.3 is 4.57 Å². The minimum atomic E-state index is 1.05. The second-order valence-corrected chi connectivity index (χ2v) is 8.14. The topological polar surface area (TPSA) is 4.93 Å². The van der Waals surface area contributed by atoms with Crippen molar-refractivity contribution in [1.29, 1.82) is 0 Å². The van der Waals surface area contributed by atoms with Gasteiger partial charge in [0.2, 0.25) is 0 Å². The average molecular weight is 549 g/mol. The van der Waals surface area contributed by atoms with Crippen LogP contribution < -0.4 is 0 Å². The molecule has 0 bridgehead atoms. The average Bonchev–Trinajstić information content (AvgIpc) is 2.72. The Kier molecular flexibility index (Phi) is 4.98. The summed E-state index contributed by atoms with van der Waals surface area (Å²) in [6.07, 6.45) is 0. The SMILES string of the molecule is Cn1c(-c2ccccc2Br)c(Br)c(Br)c1-c1ccccc1Br. The number of nitrogens with zero attached hydrogens (tertiary/aromatic N) is 1. The normalized spacial score (nSPS) is 11.0. The zero-order valence-corrected chi connectivity index (χ0v) is 17.9. The predicted molar refractivity (Wildman–Crippen MR) is 107 cm³/mol. The van der Waals surface area contributed by atoms with Crippen molar-refractivity contribution >= 4 is 63.7 Å². The van der Waals surface area contributed by atoms with E-state index in [1.807, 2.05) is 24.3 Å². The number of hydrogen-bond donors (Lipinski definition) is 0. The molecule has 0 saturated heterocycles. The van der Waals surface area contributed by atoms with Crippen molar-refractivity contribution in [3.8, 4) is 22.5 Å². The van der Waals surface area contributed by atoms with Gasteiger partial charge in [-0.05, 0) is 44.0 Å². The highest BCUT2D eigenvalue weighted by molar-refractivity contribution is 9.13. The zero-order chi connectivity index (χ0) is 15.9. The molecule has 2 aromatic carbocycles. The Hall–Kier alpha value is -0.360. The van der Waals surface area contributed by atoms with Crippen molar-refractivity contribution in [2.75, 3.05) is 0 Å². The van der Waals surface area contributed by atoms with Crippen molar-refractivity contribution in [1.82, 2.24) is 4.57 Å². The standard InChI is InChI=1S/C17H11Br4N/c1-22-16(10-6-2-4-8-12(10)18)14(20)15(21)17(22)11-7-3-5-9-13(11)19/h2-9H,1H3. The third kappa shape index (κ3) is 2.77. The highest BCUT2D eigenvalue weighted by atomic mass is 79.9. The fraction of sp³-hybridized carbons (Fsp3) is 0.0588. The molecule has 0 fully saturated rings. The van der Waals surface area contributed by atoms with Gasteiger partial charge in [0.1, 0.15) is 0 Å². The number of halogens is 4. The first-order valence-electron chi connectivity index (χ1n) is 6.56. The maximum atomic E-state index is 3.74. The van der Waals surface area contributed by atoms with Crippen LogP contribution in [0.15, 0.2) is 66.4 Å². The molecule has 1 heterocycles. The van der Waals surface area contributed by atoms with Crippen LogP contribution in [0.4, 0.5) is 0 Å². The molecule has 0 aliphatic heterocycles. The van der Waals surface area contributed by atoms with Crippen molar-refractivity contribution < 1.29 is 0 Å². The van der Waals surface area contributed by atoms with Crippen molar-refractivity contribution in [3.63, 3.8) is 0 Å². The molecule has 0 spiro atoms. The highest BCUT2D eigenvalue weighted by Crippen LogP contribution is 2.46. The lowest BCUT2D eigenvalue weighted by Crippen LogP contribution is -1.96. The lowest BCUT2D eigenvalue weighted by molar-refractivity contribution is 0.942. The van der Waals surface area contributed by atoms with Crippen LogP contribution in [-0.4, -0.2) is 4.57 Å². The monoisotopic (exact) mass is 545 g/mol. The van der Waals surface area contributed by atoms with Gasteiger partial charge in [0, 0.05) is 27.1 Å². The van der Waals surface area contributed by atoms with E-state index in [4.69, 9.17) is 0 Å². The summed E-state index contributed by atoms with van der Waals surface area (Å²) < 4.78 is 6.44. The van der Waals surface area contributed by atoms with Gasteiger partial charge in [-0.2, -0.15) is 0 Å². The first kappa shape index (κ1) is 16.5. The van der Waals surface area contributed by atoms with E-state index in [-0.39, 0.29) is 0 Å². The van der Waals surface area contributed by atoms with Gasteiger partial charge in [-0.25, -0.2) is 0 Å². The van der Waals surface area contributed by atoms with Crippen LogP contribution in [-0.2, 0) is 7.05 Å². The first-order valence-corrected chi connectivity index (χ1v) is 9.73. The zero-order valence-electron chi connectivity index (χ0n) is 11.6. The maximum Gasteiger partial charge on any atom is 0.0650 e. The van der Waals surface area contributed by atoms with Gasteiger partial charge in [-0.15, -0.1) is 0 Å². The highest BCUT2D eigenvalue weighted by Gasteiger charge is 2.22. The van der Waals surface area contributed by atoms with E-state index in [1.165, 1.54) is 0 Å². The van der Waals surface area contributed by atoms with E-state index < -0.39 is 0 Å². The number of benzene rings is 2. The number of hydrogen-bond acceptors (Lipinski definition) is 0. The molecule has 3 rings (SSSR count). The molecule has 0 saturated carbocycles. The Balaban J connectivity index is 2.31. The molecule has 0 aliphatic rings. The summed E-state index contributed by atoms with van der Waals surface area (Å²) in [4.78, 5) is 0. The first-order chi connectivity index (χ1) is 10.5. The lowest BCUT2D eigenvalue weighted by atomic mass is 10.1. The lowest BCUT2D eigenvalue weighted by Gasteiger charge is -2.11. The molecule has 0 radical (unpaired) electrons. The van der Waals surface area contributed by atoms with Gasteiger partial charge in [0.05, 0.1) is 20.3 Å². The minimum absolute atomic E-state index is 1.05. The third-order valence-electron chi connectivity index (χ3n) is 3.54. The smallest absolute Gasteiger partial charge is 0.0650 e. The summed E-state index contributed by atoms with van der Waals surface area (Å²) in [5, 5.41) is 0.